The highest BCUT2D eigenvalue weighted by atomic mass is 35.5. The summed E-state index contributed by atoms with van der Waals surface area (Å²) in [5.41, 5.74) is 11.6. The fourth-order valence-corrected chi connectivity index (χ4v) is 2.81. The number of nitrogens with zero attached hydrogens (tertiary/aromatic N) is 3. The summed E-state index contributed by atoms with van der Waals surface area (Å²) in [6.07, 6.45) is 0. The number of benzene rings is 2. The molecule has 0 fully saturated rings. The van der Waals surface area contributed by atoms with Crippen molar-refractivity contribution >= 4 is 11.6 Å². The molecule has 2 aromatic carbocycles. The van der Waals surface area contributed by atoms with E-state index in [-0.39, 0.29) is 0 Å². The Labute approximate surface area is 134 Å². The van der Waals surface area contributed by atoms with Gasteiger partial charge >= 0.3 is 0 Å². The lowest BCUT2D eigenvalue weighted by atomic mass is 10.1. The summed E-state index contributed by atoms with van der Waals surface area (Å²) in [6, 6.07) is 13.9. The average molecular weight is 313 g/mol. The van der Waals surface area contributed by atoms with Crippen LogP contribution in [-0.4, -0.2) is 15.0 Å². The number of aromatic nitrogens is 3. The van der Waals surface area contributed by atoms with Crippen LogP contribution in [0, 0.1) is 13.8 Å². The average Bonchev–Trinajstić information content (AvgIpc) is 2.91. The molecule has 2 N–H and O–H groups in total. The number of aryl methyl sites for hydroxylation is 2. The van der Waals surface area contributed by atoms with Crippen LogP contribution in [0.5, 0.6) is 0 Å². The smallest absolute Gasteiger partial charge is 0.105 e. The number of nitrogens with two attached hydrogens (primary N) is 1. The molecule has 22 heavy (non-hydrogen) atoms. The molecular formula is C17H17ClN4. The van der Waals surface area contributed by atoms with Crippen molar-refractivity contribution in [1.82, 2.24) is 15.0 Å². The molecule has 3 aromatic rings. The van der Waals surface area contributed by atoms with Gasteiger partial charge in [0.25, 0.3) is 0 Å². The first-order valence-electron chi connectivity index (χ1n) is 7.09. The van der Waals surface area contributed by atoms with Gasteiger partial charge in [0.15, 0.2) is 0 Å². The van der Waals surface area contributed by atoms with Crippen molar-refractivity contribution in [3.63, 3.8) is 0 Å². The Hall–Kier alpha value is -2.17. The monoisotopic (exact) mass is 312 g/mol. The third-order valence-corrected chi connectivity index (χ3v) is 3.97. The summed E-state index contributed by atoms with van der Waals surface area (Å²) in [7, 11) is 0. The van der Waals surface area contributed by atoms with Gasteiger partial charge in [0, 0.05) is 12.1 Å². The van der Waals surface area contributed by atoms with E-state index in [9.17, 15) is 0 Å². The standard InChI is InChI=1S/C17H17ClN4/c1-11-7-8-16(12(2)9-11)22-17(15(10-19)20-21-22)13-5-3-4-6-14(13)18/h3-9H,10,19H2,1-2H3. The van der Waals surface area contributed by atoms with E-state index in [1.54, 1.807) is 0 Å². The van der Waals surface area contributed by atoms with Crippen LogP contribution in [0.2, 0.25) is 5.02 Å². The van der Waals surface area contributed by atoms with Crippen LogP contribution in [0.4, 0.5) is 0 Å². The van der Waals surface area contributed by atoms with Crippen molar-refractivity contribution in [2.75, 3.05) is 0 Å². The van der Waals surface area contributed by atoms with E-state index in [2.05, 4.69) is 36.3 Å². The highest BCUT2D eigenvalue weighted by molar-refractivity contribution is 6.33. The lowest BCUT2D eigenvalue weighted by molar-refractivity contribution is 0.795. The molecule has 0 unspecified atom stereocenters. The van der Waals surface area contributed by atoms with Crippen LogP contribution in [0.1, 0.15) is 16.8 Å². The maximum atomic E-state index is 6.36. The zero-order chi connectivity index (χ0) is 15.7. The van der Waals surface area contributed by atoms with Crippen LogP contribution in [0.25, 0.3) is 16.9 Å². The SMILES string of the molecule is Cc1ccc(-n2nnc(CN)c2-c2ccccc2Cl)c(C)c1. The third kappa shape index (κ3) is 2.51. The molecular weight excluding hydrogens is 296 g/mol. The predicted octanol–water partition coefficient (Wildman–Crippen LogP) is 3.66. The minimum Gasteiger partial charge on any atom is -0.325 e. The van der Waals surface area contributed by atoms with Crippen LogP contribution < -0.4 is 5.73 Å². The van der Waals surface area contributed by atoms with E-state index in [1.165, 1.54) is 5.56 Å². The molecule has 3 rings (SSSR count). The second-order valence-corrected chi connectivity index (χ2v) is 5.68. The number of rotatable bonds is 3. The van der Waals surface area contributed by atoms with Gasteiger partial charge in [-0.1, -0.05) is 52.7 Å². The molecule has 112 valence electrons. The zero-order valence-corrected chi connectivity index (χ0v) is 13.3. The first kappa shape index (κ1) is 14.8. The summed E-state index contributed by atoms with van der Waals surface area (Å²) < 4.78 is 1.82. The predicted molar refractivity (Wildman–Crippen MR) is 89.2 cm³/mol. The van der Waals surface area contributed by atoms with Gasteiger partial charge in [-0.25, -0.2) is 4.68 Å². The van der Waals surface area contributed by atoms with E-state index >= 15 is 0 Å². The summed E-state index contributed by atoms with van der Waals surface area (Å²) >= 11 is 6.36. The van der Waals surface area contributed by atoms with Gasteiger partial charge in [0.05, 0.1) is 10.7 Å². The van der Waals surface area contributed by atoms with Crippen molar-refractivity contribution in [3.8, 4) is 16.9 Å². The van der Waals surface area contributed by atoms with E-state index < -0.39 is 0 Å². The Kier molecular flexibility index (Phi) is 3.96. The fourth-order valence-electron chi connectivity index (χ4n) is 2.58. The lowest BCUT2D eigenvalue weighted by Crippen LogP contribution is -2.04. The van der Waals surface area contributed by atoms with Gasteiger partial charge in [0.1, 0.15) is 11.4 Å². The van der Waals surface area contributed by atoms with Crippen molar-refractivity contribution in [2.45, 2.75) is 20.4 Å². The summed E-state index contributed by atoms with van der Waals surface area (Å²) in [4.78, 5) is 0. The Morgan fingerprint density at radius 1 is 1.14 bits per heavy atom. The minimum absolute atomic E-state index is 0.311. The molecule has 0 aliphatic carbocycles. The molecule has 0 amide bonds. The largest absolute Gasteiger partial charge is 0.325 e. The first-order valence-corrected chi connectivity index (χ1v) is 7.46. The molecule has 0 aliphatic rings. The molecule has 0 radical (unpaired) electrons. The second-order valence-electron chi connectivity index (χ2n) is 5.27. The molecule has 0 aliphatic heterocycles. The molecule has 0 bridgehead atoms. The Morgan fingerprint density at radius 3 is 2.59 bits per heavy atom. The van der Waals surface area contributed by atoms with Gasteiger partial charge in [-0.05, 0) is 31.5 Å². The van der Waals surface area contributed by atoms with Gasteiger partial charge in [-0.3, -0.25) is 0 Å². The molecule has 0 saturated carbocycles. The molecule has 1 aromatic heterocycles. The number of halogens is 1. The van der Waals surface area contributed by atoms with Crippen molar-refractivity contribution < 1.29 is 0 Å². The fraction of sp³-hybridized carbons (Fsp3) is 0.176. The lowest BCUT2D eigenvalue weighted by Gasteiger charge is -2.12. The molecule has 0 spiro atoms. The van der Waals surface area contributed by atoms with Gasteiger partial charge in [0.2, 0.25) is 0 Å². The summed E-state index contributed by atoms with van der Waals surface area (Å²) in [6.45, 7) is 4.44. The summed E-state index contributed by atoms with van der Waals surface area (Å²) in [5, 5.41) is 9.17. The number of hydrogen-bond donors (Lipinski definition) is 1. The second kappa shape index (κ2) is 5.91. The zero-order valence-electron chi connectivity index (χ0n) is 12.5. The van der Waals surface area contributed by atoms with E-state index in [0.717, 1.165) is 28.2 Å². The van der Waals surface area contributed by atoms with Crippen molar-refractivity contribution in [3.05, 3.63) is 64.3 Å². The minimum atomic E-state index is 0.311. The molecule has 0 atom stereocenters. The normalized spacial score (nSPS) is 10.9. The van der Waals surface area contributed by atoms with Crippen LogP contribution >= 0.6 is 11.6 Å². The van der Waals surface area contributed by atoms with Crippen LogP contribution in [0.15, 0.2) is 42.5 Å². The van der Waals surface area contributed by atoms with E-state index in [4.69, 9.17) is 17.3 Å². The third-order valence-electron chi connectivity index (χ3n) is 3.64. The first-order chi connectivity index (χ1) is 10.6. The van der Waals surface area contributed by atoms with Crippen molar-refractivity contribution in [2.24, 2.45) is 5.73 Å². The van der Waals surface area contributed by atoms with Gasteiger partial charge in [-0.2, -0.15) is 0 Å². The van der Waals surface area contributed by atoms with E-state index in [0.29, 0.717) is 11.6 Å². The molecule has 5 heteroatoms. The summed E-state index contributed by atoms with van der Waals surface area (Å²) in [5.74, 6) is 0. The Balaban J connectivity index is 2.26. The maximum absolute atomic E-state index is 6.36. The molecule has 4 nitrogen and oxygen atoms in total. The Morgan fingerprint density at radius 2 is 1.91 bits per heavy atom. The topological polar surface area (TPSA) is 56.7 Å². The van der Waals surface area contributed by atoms with Crippen molar-refractivity contribution in [1.29, 1.82) is 0 Å². The van der Waals surface area contributed by atoms with Gasteiger partial charge < -0.3 is 5.73 Å². The van der Waals surface area contributed by atoms with E-state index in [1.807, 2.05) is 35.0 Å². The van der Waals surface area contributed by atoms with Gasteiger partial charge in [-0.15, -0.1) is 5.10 Å². The maximum Gasteiger partial charge on any atom is 0.105 e. The highest BCUT2D eigenvalue weighted by Gasteiger charge is 2.18. The number of hydrogen-bond acceptors (Lipinski definition) is 3. The molecule has 0 saturated heterocycles. The quantitative estimate of drug-likeness (QED) is 0.803. The highest BCUT2D eigenvalue weighted by Crippen LogP contribution is 2.31. The van der Waals surface area contributed by atoms with Crippen LogP contribution in [0.3, 0.4) is 0 Å². The Bertz CT molecular complexity index is 823. The molecule has 1 heterocycles. The van der Waals surface area contributed by atoms with Crippen LogP contribution in [-0.2, 0) is 6.54 Å².